The van der Waals surface area contributed by atoms with Gasteiger partial charge in [0.05, 0.1) is 13.2 Å². The van der Waals surface area contributed by atoms with Gasteiger partial charge in [0.25, 0.3) is 0 Å². The van der Waals surface area contributed by atoms with Crippen molar-refractivity contribution in [3.05, 3.63) is 117 Å². The summed E-state index contributed by atoms with van der Waals surface area (Å²) in [6.45, 7) is 8.97. The SMILES string of the molecule is Cc1cc(NC(C)OBc2cccc(COCc3ccccc3BOC(C)Nc3ccc(Cl)c(C)c3)c2)ccc1Cl. The molecule has 0 heterocycles. The minimum absolute atomic E-state index is 0.151. The van der Waals surface area contributed by atoms with Crippen LogP contribution in [0.4, 0.5) is 11.4 Å². The van der Waals surface area contributed by atoms with Crippen LogP contribution in [-0.2, 0) is 27.3 Å². The highest BCUT2D eigenvalue weighted by molar-refractivity contribution is 6.47. The van der Waals surface area contributed by atoms with Gasteiger partial charge in [0, 0.05) is 21.4 Å². The first-order chi connectivity index (χ1) is 19.8. The Labute approximate surface area is 255 Å². The first-order valence-electron chi connectivity index (χ1n) is 13.8. The number of hydrogen-bond acceptors (Lipinski definition) is 5. The molecule has 4 aromatic rings. The molecular formula is C32H36B2Cl2N2O3. The van der Waals surface area contributed by atoms with Crippen molar-refractivity contribution in [2.75, 3.05) is 10.6 Å². The van der Waals surface area contributed by atoms with E-state index in [2.05, 4.69) is 41.0 Å². The molecule has 0 bridgehead atoms. The van der Waals surface area contributed by atoms with Gasteiger partial charge < -0.3 is 24.7 Å². The third-order valence-electron chi connectivity index (χ3n) is 6.68. The Bertz CT molecular complexity index is 1440. The lowest BCUT2D eigenvalue weighted by atomic mass is 9.84. The normalized spacial score (nSPS) is 12.4. The van der Waals surface area contributed by atoms with Crippen molar-refractivity contribution in [3.8, 4) is 0 Å². The number of ether oxygens (including phenoxy) is 1. The molecule has 2 atom stereocenters. The molecule has 4 rings (SSSR count). The Hall–Kier alpha value is -2.93. The Morgan fingerprint density at radius 2 is 1.29 bits per heavy atom. The third-order valence-corrected chi connectivity index (χ3v) is 7.53. The summed E-state index contributed by atoms with van der Waals surface area (Å²) in [4.78, 5) is 0. The highest BCUT2D eigenvalue weighted by atomic mass is 35.5. The topological polar surface area (TPSA) is 51.8 Å². The largest absolute Gasteiger partial charge is 0.416 e. The van der Waals surface area contributed by atoms with Crippen LogP contribution in [0.2, 0.25) is 10.0 Å². The first kappa shape index (κ1) is 31.0. The Balaban J connectivity index is 1.23. The van der Waals surface area contributed by atoms with Gasteiger partial charge in [-0.1, -0.05) is 77.2 Å². The second-order valence-corrected chi connectivity index (χ2v) is 11.0. The predicted octanol–water partition coefficient (Wildman–Crippen LogP) is 6.23. The van der Waals surface area contributed by atoms with E-state index < -0.39 is 0 Å². The molecule has 2 N–H and O–H groups in total. The highest BCUT2D eigenvalue weighted by Crippen LogP contribution is 2.21. The number of aryl methyl sites for hydroxylation is 2. The van der Waals surface area contributed by atoms with E-state index in [4.69, 9.17) is 37.2 Å². The number of nitrogens with one attached hydrogen (secondary N) is 2. The summed E-state index contributed by atoms with van der Waals surface area (Å²) in [5.41, 5.74) is 8.43. The minimum Gasteiger partial charge on any atom is -0.416 e. The van der Waals surface area contributed by atoms with Crippen LogP contribution in [0.15, 0.2) is 84.9 Å². The number of halogens is 2. The van der Waals surface area contributed by atoms with Gasteiger partial charge in [-0.2, -0.15) is 0 Å². The summed E-state index contributed by atoms with van der Waals surface area (Å²) in [6.07, 6.45) is -0.315. The summed E-state index contributed by atoms with van der Waals surface area (Å²) in [5.74, 6) is 0. The average molecular weight is 589 g/mol. The number of benzene rings is 4. The van der Waals surface area contributed by atoms with Crippen molar-refractivity contribution in [1.82, 2.24) is 0 Å². The lowest BCUT2D eigenvalue weighted by Gasteiger charge is -2.18. The predicted molar refractivity (Wildman–Crippen MR) is 176 cm³/mol. The first-order valence-corrected chi connectivity index (χ1v) is 14.5. The van der Waals surface area contributed by atoms with Crippen molar-refractivity contribution >= 4 is 60.5 Å². The summed E-state index contributed by atoms with van der Waals surface area (Å²) in [7, 11) is 0.978. The van der Waals surface area contributed by atoms with Crippen LogP contribution in [0.25, 0.3) is 0 Å². The van der Waals surface area contributed by atoms with Gasteiger partial charge in [-0.3, -0.25) is 0 Å². The molecule has 0 saturated carbocycles. The molecule has 9 heteroatoms. The fourth-order valence-corrected chi connectivity index (χ4v) is 4.62. The fourth-order valence-electron chi connectivity index (χ4n) is 4.38. The highest BCUT2D eigenvalue weighted by Gasteiger charge is 2.10. The number of anilines is 2. The number of rotatable bonds is 14. The quantitative estimate of drug-likeness (QED) is 0.135. The molecule has 41 heavy (non-hydrogen) atoms. The van der Waals surface area contributed by atoms with Crippen LogP contribution in [0.3, 0.4) is 0 Å². The molecule has 0 aliphatic heterocycles. The molecule has 5 nitrogen and oxygen atoms in total. The van der Waals surface area contributed by atoms with E-state index in [-0.39, 0.29) is 12.5 Å². The van der Waals surface area contributed by atoms with Gasteiger partial charge in [-0.05, 0) is 91.8 Å². The molecule has 0 aromatic heterocycles. The van der Waals surface area contributed by atoms with Gasteiger partial charge in [0.2, 0.25) is 0 Å². The number of hydrogen-bond donors (Lipinski definition) is 2. The molecule has 212 valence electrons. The van der Waals surface area contributed by atoms with Gasteiger partial charge in [0.15, 0.2) is 0 Å². The lowest BCUT2D eigenvalue weighted by molar-refractivity contribution is 0.107. The van der Waals surface area contributed by atoms with E-state index in [0.29, 0.717) is 28.2 Å². The van der Waals surface area contributed by atoms with Crippen LogP contribution >= 0.6 is 23.2 Å². The molecule has 0 fully saturated rings. The van der Waals surface area contributed by atoms with Crippen LogP contribution in [0.1, 0.15) is 36.1 Å². The van der Waals surface area contributed by atoms with Crippen molar-refractivity contribution in [3.63, 3.8) is 0 Å². The second kappa shape index (κ2) is 15.3. The summed E-state index contributed by atoms with van der Waals surface area (Å²) >= 11 is 12.3. The zero-order valence-electron chi connectivity index (χ0n) is 24.0. The summed E-state index contributed by atoms with van der Waals surface area (Å²) in [6, 6.07) is 28.2. The summed E-state index contributed by atoms with van der Waals surface area (Å²) in [5, 5.41) is 8.24. The maximum absolute atomic E-state index is 6.14. The van der Waals surface area contributed by atoms with Crippen molar-refractivity contribution in [2.45, 2.75) is 53.4 Å². The van der Waals surface area contributed by atoms with Gasteiger partial charge in [-0.25, -0.2) is 0 Å². The molecular weight excluding hydrogens is 553 g/mol. The van der Waals surface area contributed by atoms with E-state index in [9.17, 15) is 0 Å². The van der Waals surface area contributed by atoms with Crippen molar-refractivity contribution in [1.29, 1.82) is 0 Å². The van der Waals surface area contributed by atoms with Crippen molar-refractivity contribution < 1.29 is 14.0 Å². The molecule has 0 spiro atoms. The van der Waals surface area contributed by atoms with E-state index in [0.717, 1.165) is 54.6 Å². The molecule has 0 aliphatic carbocycles. The second-order valence-electron chi connectivity index (χ2n) is 10.2. The van der Waals surface area contributed by atoms with Crippen LogP contribution in [0, 0.1) is 13.8 Å². The lowest BCUT2D eigenvalue weighted by Crippen LogP contribution is -2.29. The maximum Gasteiger partial charge on any atom is 0.311 e. The van der Waals surface area contributed by atoms with Gasteiger partial charge in [0.1, 0.15) is 12.5 Å². The van der Waals surface area contributed by atoms with Crippen LogP contribution < -0.4 is 21.6 Å². The molecule has 4 aromatic carbocycles. The average Bonchev–Trinajstić information content (AvgIpc) is 2.95. The third kappa shape index (κ3) is 9.84. The van der Waals surface area contributed by atoms with E-state index in [1.54, 1.807) is 0 Å². The molecule has 0 aliphatic rings. The van der Waals surface area contributed by atoms with Crippen LogP contribution in [0.5, 0.6) is 0 Å². The van der Waals surface area contributed by atoms with E-state index in [1.807, 2.05) is 82.3 Å². The molecule has 2 unspecified atom stereocenters. The maximum atomic E-state index is 6.14. The molecule has 0 saturated heterocycles. The smallest absolute Gasteiger partial charge is 0.311 e. The zero-order valence-corrected chi connectivity index (χ0v) is 25.6. The summed E-state index contributed by atoms with van der Waals surface area (Å²) < 4.78 is 18.2. The minimum atomic E-state index is -0.164. The zero-order chi connectivity index (χ0) is 29.2. The van der Waals surface area contributed by atoms with E-state index >= 15 is 0 Å². The van der Waals surface area contributed by atoms with E-state index in [1.165, 1.54) is 0 Å². The van der Waals surface area contributed by atoms with Gasteiger partial charge in [-0.15, -0.1) is 0 Å². The fraction of sp³-hybridized carbons (Fsp3) is 0.250. The monoisotopic (exact) mass is 588 g/mol. The van der Waals surface area contributed by atoms with Crippen molar-refractivity contribution in [2.24, 2.45) is 0 Å². The van der Waals surface area contributed by atoms with Crippen LogP contribution in [-0.4, -0.2) is 27.4 Å². The Kier molecular flexibility index (Phi) is 11.6. The standard InChI is InChI=1S/C32H36B2Cl2N2O3/c1-21-16-28(12-14-31(21)35)37-23(3)40-33-27-10-7-8-25(18-27)19-39-20-26-9-5-6-11-30(26)34-41-24(4)38-29-13-15-32(36)22(2)17-29/h5-18,23-24,33-34,37-38H,19-20H2,1-4H3. The van der Waals surface area contributed by atoms with Gasteiger partial charge >= 0.3 is 15.0 Å². The Morgan fingerprint density at radius 3 is 1.93 bits per heavy atom. The molecule has 0 radical (unpaired) electrons. The Morgan fingerprint density at radius 1 is 0.683 bits per heavy atom. The molecule has 0 amide bonds.